The van der Waals surface area contributed by atoms with Gasteiger partial charge in [-0.25, -0.2) is 8.42 Å². The molecule has 0 aliphatic rings. The Bertz CT molecular complexity index is 1160. The van der Waals surface area contributed by atoms with E-state index in [1.807, 2.05) is 61.5 Å². The van der Waals surface area contributed by atoms with Crippen molar-refractivity contribution in [1.29, 1.82) is 0 Å². The van der Waals surface area contributed by atoms with Gasteiger partial charge < -0.3 is 14.8 Å². The molecule has 3 rings (SSSR count). The Kier molecular flexibility index (Phi) is 7.95. The van der Waals surface area contributed by atoms with E-state index in [1.54, 1.807) is 31.2 Å². The van der Waals surface area contributed by atoms with Gasteiger partial charge in [0.15, 0.2) is 0 Å². The predicted octanol–water partition coefficient (Wildman–Crippen LogP) is 4.35. The van der Waals surface area contributed by atoms with E-state index in [-0.39, 0.29) is 6.54 Å². The van der Waals surface area contributed by atoms with Crippen LogP contribution in [0.25, 0.3) is 0 Å². The lowest BCUT2D eigenvalue weighted by atomic mass is 10.2. The highest BCUT2D eigenvalue weighted by molar-refractivity contribution is 7.92. The summed E-state index contributed by atoms with van der Waals surface area (Å²) in [5, 5.41) is 2.81. The molecule has 1 amide bonds. The van der Waals surface area contributed by atoms with E-state index in [0.29, 0.717) is 29.5 Å². The summed E-state index contributed by atoms with van der Waals surface area (Å²) in [6.07, 6.45) is 1.08. The van der Waals surface area contributed by atoms with Crippen molar-refractivity contribution in [3.05, 3.63) is 84.4 Å². The third kappa shape index (κ3) is 6.73. The van der Waals surface area contributed by atoms with Crippen LogP contribution in [0.4, 0.5) is 5.69 Å². The number of para-hydroxylation sites is 1. The van der Waals surface area contributed by atoms with Gasteiger partial charge in [-0.1, -0.05) is 30.3 Å². The quantitative estimate of drug-likeness (QED) is 0.478. The summed E-state index contributed by atoms with van der Waals surface area (Å²) in [5.41, 5.74) is 1.23. The van der Waals surface area contributed by atoms with Crippen molar-refractivity contribution in [3.8, 4) is 17.2 Å². The highest BCUT2D eigenvalue weighted by atomic mass is 32.2. The van der Waals surface area contributed by atoms with E-state index in [0.717, 1.165) is 16.1 Å². The maximum Gasteiger partial charge on any atom is 0.243 e. The van der Waals surface area contributed by atoms with Gasteiger partial charge in [-0.2, -0.15) is 0 Å². The zero-order valence-electron chi connectivity index (χ0n) is 18.9. The first-order chi connectivity index (χ1) is 15.8. The van der Waals surface area contributed by atoms with Gasteiger partial charge in [0.1, 0.15) is 23.3 Å². The van der Waals surface area contributed by atoms with Crippen molar-refractivity contribution < 1.29 is 22.7 Å². The van der Waals surface area contributed by atoms with Crippen LogP contribution in [0, 0.1) is 0 Å². The second-order valence-corrected chi connectivity index (χ2v) is 9.30. The van der Waals surface area contributed by atoms with Crippen LogP contribution < -0.4 is 19.1 Å². The van der Waals surface area contributed by atoms with Crippen molar-refractivity contribution in [2.45, 2.75) is 26.4 Å². The summed E-state index contributed by atoms with van der Waals surface area (Å²) >= 11 is 0. The van der Waals surface area contributed by atoms with E-state index in [4.69, 9.17) is 9.47 Å². The number of hydrogen-bond donors (Lipinski definition) is 1. The lowest BCUT2D eigenvalue weighted by Crippen LogP contribution is -2.47. The molecule has 0 aliphatic heterocycles. The standard InChI is InChI=1S/C25H28N2O5S/c1-4-31-24-12-8-9-20(17-24)18-26-25(28)19(2)27(33(3,29)30)21-13-15-23(16-14-21)32-22-10-6-5-7-11-22/h5-17,19H,4,18H2,1-3H3,(H,26,28)/t19-/m0/s1. The first-order valence-electron chi connectivity index (χ1n) is 10.6. The normalized spacial score (nSPS) is 12.0. The van der Waals surface area contributed by atoms with E-state index in [2.05, 4.69) is 5.32 Å². The number of rotatable bonds is 10. The van der Waals surface area contributed by atoms with Crippen molar-refractivity contribution in [2.75, 3.05) is 17.2 Å². The molecule has 33 heavy (non-hydrogen) atoms. The van der Waals surface area contributed by atoms with Crippen LogP contribution in [0.15, 0.2) is 78.9 Å². The van der Waals surface area contributed by atoms with Crippen LogP contribution in [-0.4, -0.2) is 33.2 Å². The van der Waals surface area contributed by atoms with Crippen LogP contribution in [0.5, 0.6) is 17.2 Å². The van der Waals surface area contributed by atoms with Crippen molar-refractivity contribution in [3.63, 3.8) is 0 Å². The molecule has 0 saturated heterocycles. The van der Waals surface area contributed by atoms with Crippen LogP contribution in [0.1, 0.15) is 19.4 Å². The number of carbonyl (C=O) groups is 1. The monoisotopic (exact) mass is 468 g/mol. The summed E-state index contributed by atoms with van der Waals surface area (Å²) in [4.78, 5) is 12.8. The first kappa shape index (κ1) is 24.1. The zero-order valence-corrected chi connectivity index (χ0v) is 19.7. The van der Waals surface area contributed by atoms with Gasteiger partial charge in [-0.3, -0.25) is 9.10 Å². The third-order valence-electron chi connectivity index (χ3n) is 4.83. The molecule has 1 atom stereocenters. The van der Waals surface area contributed by atoms with E-state index >= 15 is 0 Å². The largest absolute Gasteiger partial charge is 0.494 e. The first-order valence-corrected chi connectivity index (χ1v) is 12.4. The number of ether oxygens (including phenoxy) is 2. The van der Waals surface area contributed by atoms with Gasteiger partial charge in [0.25, 0.3) is 0 Å². The minimum atomic E-state index is -3.72. The number of sulfonamides is 1. The number of hydrogen-bond acceptors (Lipinski definition) is 5. The minimum Gasteiger partial charge on any atom is -0.494 e. The van der Waals surface area contributed by atoms with Gasteiger partial charge in [-0.05, 0) is 67.9 Å². The molecule has 174 valence electrons. The van der Waals surface area contributed by atoms with Crippen molar-refractivity contribution in [2.24, 2.45) is 0 Å². The second kappa shape index (κ2) is 10.9. The van der Waals surface area contributed by atoms with E-state index < -0.39 is 22.0 Å². The molecule has 0 heterocycles. The molecular formula is C25H28N2O5S. The maximum absolute atomic E-state index is 12.8. The Morgan fingerprint density at radius 1 is 0.939 bits per heavy atom. The molecular weight excluding hydrogens is 440 g/mol. The van der Waals surface area contributed by atoms with Crippen LogP contribution in [-0.2, 0) is 21.4 Å². The topological polar surface area (TPSA) is 84.9 Å². The van der Waals surface area contributed by atoms with Crippen LogP contribution in [0.3, 0.4) is 0 Å². The Hall–Kier alpha value is -3.52. The molecule has 0 radical (unpaired) electrons. The van der Waals surface area contributed by atoms with Crippen LogP contribution in [0.2, 0.25) is 0 Å². The molecule has 0 fully saturated rings. The van der Waals surface area contributed by atoms with Gasteiger partial charge in [-0.15, -0.1) is 0 Å². The van der Waals surface area contributed by atoms with E-state index in [9.17, 15) is 13.2 Å². The molecule has 1 N–H and O–H groups in total. The second-order valence-electron chi connectivity index (χ2n) is 7.44. The highest BCUT2D eigenvalue weighted by Gasteiger charge is 2.29. The molecule has 0 unspecified atom stereocenters. The Morgan fingerprint density at radius 2 is 1.58 bits per heavy atom. The Balaban J connectivity index is 1.71. The lowest BCUT2D eigenvalue weighted by Gasteiger charge is -2.28. The van der Waals surface area contributed by atoms with Gasteiger partial charge >= 0.3 is 0 Å². The summed E-state index contributed by atoms with van der Waals surface area (Å²) in [6, 6.07) is 22.3. The molecule has 3 aromatic carbocycles. The number of anilines is 1. The number of amides is 1. The molecule has 0 bridgehead atoms. The SMILES string of the molecule is CCOc1cccc(CNC(=O)[C@H](C)N(c2ccc(Oc3ccccc3)cc2)S(C)(=O)=O)c1. The van der Waals surface area contributed by atoms with Gasteiger partial charge in [0.05, 0.1) is 18.6 Å². The highest BCUT2D eigenvalue weighted by Crippen LogP contribution is 2.27. The number of nitrogens with zero attached hydrogens (tertiary/aromatic N) is 1. The smallest absolute Gasteiger partial charge is 0.243 e. The Morgan fingerprint density at radius 3 is 2.21 bits per heavy atom. The summed E-state index contributed by atoms with van der Waals surface area (Å²) in [6.45, 7) is 4.26. The number of benzene rings is 3. The van der Waals surface area contributed by atoms with Crippen LogP contribution >= 0.6 is 0 Å². The molecule has 0 aliphatic carbocycles. The fourth-order valence-corrected chi connectivity index (χ4v) is 4.52. The predicted molar refractivity (Wildman–Crippen MR) is 129 cm³/mol. The lowest BCUT2D eigenvalue weighted by molar-refractivity contribution is -0.122. The zero-order chi connectivity index (χ0) is 23.8. The van der Waals surface area contributed by atoms with Gasteiger partial charge in [0.2, 0.25) is 15.9 Å². The molecule has 8 heteroatoms. The minimum absolute atomic E-state index is 0.255. The fourth-order valence-electron chi connectivity index (χ4n) is 3.34. The molecule has 0 aromatic heterocycles. The molecule has 0 spiro atoms. The van der Waals surface area contributed by atoms with E-state index in [1.165, 1.54) is 0 Å². The average molecular weight is 469 g/mol. The average Bonchev–Trinajstić information content (AvgIpc) is 2.79. The van der Waals surface area contributed by atoms with Gasteiger partial charge in [0, 0.05) is 6.54 Å². The number of nitrogens with one attached hydrogen (secondary N) is 1. The molecule has 3 aromatic rings. The fraction of sp³-hybridized carbons (Fsp3) is 0.240. The summed E-state index contributed by atoms with van der Waals surface area (Å²) in [7, 11) is -3.72. The third-order valence-corrected chi connectivity index (χ3v) is 6.08. The van der Waals surface area contributed by atoms with Crippen molar-refractivity contribution >= 4 is 21.6 Å². The maximum atomic E-state index is 12.8. The molecule has 0 saturated carbocycles. The Labute approximate surface area is 195 Å². The van der Waals surface area contributed by atoms with Crippen molar-refractivity contribution in [1.82, 2.24) is 5.32 Å². The summed E-state index contributed by atoms with van der Waals surface area (Å²) in [5.74, 6) is 1.54. The summed E-state index contributed by atoms with van der Waals surface area (Å²) < 4.78 is 37.4. The number of carbonyl (C=O) groups excluding carboxylic acids is 1. The molecule has 7 nitrogen and oxygen atoms in total.